The molecule has 0 saturated heterocycles. The molecule has 5 nitrogen and oxygen atoms in total. The van der Waals surface area contributed by atoms with E-state index in [-0.39, 0.29) is 11.5 Å². The monoisotopic (exact) mass is 266 g/mol. The molecule has 96 valence electrons. The topological polar surface area (TPSA) is 72.1 Å². The molecule has 0 saturated carbocycles. The van der Waals surface area contributed by atoms with E-state index in [1.165, 1.54) is 0 Å². The Balaban J connectivity index is 2.29. The van der Waals surface area contributed by atoms with E-state index in [0.717, 1.165) is 5.52 Å². The van der Waals surface area contributed by atoms with Crippen molar-refractivity contribution in [2.24, 2.45) is 0 Å². The van der Waals surface area contributed by atoms with Gasteiger partial charge in [-0.2, -0.15) is 0 Å². The second-order valence-corrected chi connectivity index (χ2v) is 5.17. The standard InChI is InChI=1S/C12H14N2O3S/c1-3-8(15)7-18(16)12-13-10-5-4-9(17-2)6-11(10)14-12/h4-6H,3,7H2,1-2H3,(H,13,14). The molecule has 0 bridgehead atoms. The summed E-state index contributed by atoms with van der Waals surface area (Å²) in [5.41, 5.74) is 1.46. The molecule has 1 aromatic heterocycles. The Hall–Kier alpha value is -1.69. The van der Waals surface area contributed by atoms with Gasteiger partial charge in [-0.1, -0.05) is 6.92 Å². The Bertz CT molecular complexity index is 606. The van der Waals surface area contributed by atoms with Crippen LogP contribution < -0.4 is 4.74 Å². The van der Waals surface area contributed by atoms with E-state index in [4.69, 9.17) is 4.74 Å². The number of imidazole rings is 1. The van der Waals surface area contributed by atoms with Gasteiger partial charge in [0.15, 0.2) is 5.16 Å². The Kier molecular flexibility index (Phi) is 3.76. The van der Waals surface area contributed by atoms with Crippen molar-refractivity contribution in [1.82, 2.24) is 9.97 Å². The Morgan fingerprint density at radius 2 is 2.28 bits per heavy atom. The van der Waals surface area contributed by atoms with Crippen LogP contribution in [-0.2, 0) is 15.6 Å². The summed E-state index contributed by atoms with van der Waals surface area (Å²) in [5.74, 6) is 0.674. The summed E-state index contributed by atoms with van der Waals surface area (Å²) in [5, 5.41) is 0.333. The van der Waals surface area contributed by atoms with Crippen LogP contribution in [0.25, 0.3) is 11.0 Å². The molecule has 1 N–H and O–H groups in total. The van der Waals surface area contributed by atoms with Gasteiger partial charge in [-0.25, -0.2) is 4.98 Å². The number of nitrogens with one attached hydrogen (secondary N) is 1. The van der Waals surface area contributed by atoms with Crippen LogP contribution in [0.3, 0.4) is 0 Å². The highest BCUT2D eigenvalue weighted by molar-refractivity contribution is 7.85. The second-order valence-electron chi connectivity index (χ2n) is 3.81. The second kappa shape index (κ2) is 5.30. The van der Waals surface area contributed by atoms with Gasteiger partial charge in [0.05, 0.1) is 34.7 Å². The van der Waals surface area contributed by atoms with Crippen molar-refractivity contribution in [1.29, 1.82) is 0 Å². The SMILES string of the molecule is CCC(=O)CS(=O)c1nc2ccc(OC)cc2[nH]1. The fraction of sp³-hybridized carbons (Fsp3) is 0.333. The summed E-state index contributed by atoms with van der Waals surface area (Å²) >= 11 is 0. The molecule has 0 fully saturated rings. The summed E-state index contributed by atoms with van der Waals surface area (Å²) in [6, 6.07) is 5.35. The number of Topliss-reactive ketones (excluding diaryl/α,β-unsaturated/α-hetero) is 1. The van der Waals surface area contributed by atoms with Crippen LogP contribution in [0.5, 0.6) is 5.75 Å². The molecule has 0 spiro atoms. The lowest BCUT2D eigenvalue weighted by Crippen LogP contribution is -2.10. The first-order chi connectivity index (χ1) is 8.63. The van der Waals surface area contributed by atoms with E-state index in [0.29, 0.717) is 22.8 Å². The Morgan fingerprint density at radius 3 is 2.94 bits per heavy atom. The zero-order valence-electron chi connectivity index (χ0n) is 10.2. The number of hydrogen-bond donors (Lipinski definition) is 1. The van der Waals surface area contributed by atoms with Gasteiger partial charge in [0, 0.05) is 12.5 Å². The highest BCUT2D eigenvalue weighted by Crippen LogP contribution is 2.19. The molecule has 1 aromatic carbocycles. The number of H-pyrrole nitrogens is 1. The average molecular weight is 266 g/mol. The summed E-state index contributed by atoms with van der Waals surface area (Å²) in [4.78, 5) is 18.4. The Labute approximate surface area is 107 Å². The molecule has 1 unspecified atom stereocenters. The third-order valence-electron chi connectivity index (χ3n) is 2.57. The molecule has 0 amide bonds. The van der Waals surface area contributed by atoms with E-state index in [2.05, 4.69) is 9.97 Å². The van der Waals surface area contributed by atoms with Crippen LogP contribution >= 0.6 is 0 Å². The number of hydrogen-bond acceptors (Lipinski definition) is 4. The zero-order valence-corrected chi connectivity index (χ0v) is 11.0. The fourth-order valence-electron chi connectivity index (χ4n) is 1.52. The number of carbonyl (C=O) groups excluding carboxylic acids is 1. The highest BCUT2D eigenvalue weighted by Gasteiger charge is 2.13. The van der Waals surface area contributed by atoms with Crippen LogP contribution in [0.4, 0.5) is 0 Å². The largest absolute Gasteiger partial charge is 0.497 e. The summed E-state index contributed by atoms with van der Waals surface area (Å²) in [6.45, 7) is 1.75. The van der Waals surface area contributed by atoms with Crippen LogP contribution in [0.15, 0.2) is 23.4 Å². The molecule has 6 heteroatoms. The molecule has 0 aliphatic rings. The third kappa shape index (κ3) is 2.59. The van der Waals surface area contributed by atoms with Crippen LogP contribution in [0, 0.1) is 0 Å². The predicted octanol–water partition coefficient (Wildman–Crippen LogP) is 1.66. The van der Waals surface area contributed by atoms with Gasteiger partial charge in [0.25, 0.3) is 0 Å². The van der Waals surface area contributed by atoms with Gasteiger partial charge >= 0.3 is 0 Å². The number of benzene rings is 1. The first-order valence-corrected chi connectivity index (χ1v) is 6.89. The first-order valence-electron chi connectivity index (χ1n) is 5.58. The molecule has 0 aliphatic carbocycles. The number of fused-ring (bicyclic) bond motifs is 1. The van der Waals surface area contributed by atoms with Crippen molar-refractivity contribution >= 4 is 27.6 Å². The van der Waals surface area contributed by atoms with E-state index in [1.54, 1.807) is 32.2 Å². The molecule has 1 atom stereocenters. The van der Waals surface area contributed by atoms with Crippen LogP contribution in [0.2, 0.25) is 0 Å². The van der Waals surface area contributed by atoms with E-state index < -0.39 is 10.8 Å². The van der Waals surface area contributed by atoms with Crippen molar-refractivity contribution in [3.63, 3.8) is 0 Å². The van der Waals surface area contributed by atoms with Gasteiger partial charge in [0.1, 0.15) is 11.5 Å². The summed E-state index contributed by atoms with van der Waals surface area (Å²) in [6.07, 6.45) is 0.389. The molecular weight excluding hydrogens is 252 g/mol. The van der Waals surface area contributed by atoms with Gasteiger partial charge in [-0.15, -0.1) is 0 Å². The van der Waals surface area contributed by atoms with Gasteiger partial charge in [-0.05, 0) is 12.1 Å². The van der Waals surface area contributed by atoms with Gasteiger partial charge < -0.3 is 9.72 Å². The number of rotatable bonds is 5. The highest BCUT2D eigenvalue weighted by atomic mass is 32.2. The zero-order chi connectivity index (χ0) is 13.1. The number of carbonyl (C=O) groups is 1. The molecule has 0 radical (unpaired) electrons. The molecule has 2 rings (SSSR count). The van der Waals surface area contributed by atoms with Crippen LogP contribution in [-0.4, -0.2) is 32.8 Å². The first kappa shape index (κ1) is 12.8. The third-order valence-corrected chi connectivity index (χ3v) is 3.78. The number of aromatic amines is 1. The number of ketones is 1. The van der Waals surface area contributed by atoms with Crippen molar-refractivity contribution in [2.45, 2.75) is 18.5 Å². The lowest BCUT2D eigenvalue weighted by Gasteiger charge is -1.96. The molecular formula is C12H14N2O3S. The number of ether oxygens (including phenoxy) is 1. The number of methoxy groups -OCH3 is 1. The fourth-order valence-corrected chi connectivity index (χ4v) is 2.57. The molecule has 2 aromatic rings. The maximum Gasteiger partial charge on any atom is 0.197 e. The van der Waals surface area contributed by atoms with E-state index >= 15 is 0 Å². The van der Waals surface area contributed by atoms with E-state index in [1.807, 2.05) is 0 Å². The van der Waals surface area contributed by atoms with Crippen molar-refractivity contribution in [3.05, 3.63) is 18.2 Å². The molecule has 1 heterocycles. The lowest BCUT2D eigenvalue weighted by molar-refractivity contribution is -0.116. The molecule has 18 heavy (non-hydrogen) atoms. The minimum absolute atomic E-state index is 0.00740. The normalized spacial score (nSPS) is 12.6. The maximum absolute atomic E-state index is 11.9. The van der Waals surface area contributed by atoms with Gasteiger partial charge in [0.2, 0.25) is 0 Å². The minimum atomic E-state index is -1.41. The smallest absolute Gasteiger partial charge is 0.197 e. The van der Waals surface area contributed by atoms with Crippen molar-refractivity contribution in [2.75, 3.05) is 12.9 Å². The number of nitrogens with zero attached hydrogens (tertiary/aromatic N) is 1. The Morgan fingerprint density at radius 1 is 1.50 bits per heavy atom. The minimum Gasteiger partial charge on any atom is -0.497 e. The maximum atomic E-state index is 11.9. The predicted molar refractivity (Wildman–Crippen MR) is 69.2 cm³/mol. The number of aromatic nitrogens is 2. The quantitative estimate of drug-likeness (QED) is 0.893. The average Bonchev–Trinajstić information content (AvgIpc) is 2.81. The van der Waals surface area contributed by atoms with E-state index in [9.17, 15) is 9.00 Å². The van der Waals surface area contributed by atoms with Crippen molar-refractivity contribution in [3.8, 4) is 5.75 Å². The summed E-state index contributed by atoms with van der Waals surface area (Å²) in [7, 11) is 0.168. The lowest BCUT2D eigenvalue weighted by atomic mass is 10.3. The van der Waals surface area contributed by atoms with Crippen molar-refractivity contribution < 1.29 is 13.7 Å². The molecule has 0 aliphatic heterocycles. The summed E-state index contributed by atoms with van der Waals surface area (Å²) < 4.78 is 17.0. The van der Waals surface area contributed by atoms with Crippen LogP contribution in [0.1, 0.15) is 13.3 Å². The van der Waals surface area contributed by atoms with Gasteiger partial charge in [-0.3, -0.25) is 9.00 Å².